The van der Waals surface area contributed by atoms with Crippen LogP contribution < -0.4 is 5.32 Å². The summed E-state index contributed by atoms with van der Waals surface area (Å²) in [5.41, 5.74) is 1.26. The lowest BCUT2D eigenvalue weighted by Crippen LogP contribution is -2.50. The molecule has 1 saturated carbocycles. The zero-order valence-electron chi connectivity index (χ0n) is 12.0. The third-order valence-electron chi connectivity index (χ3n) is 3.70. The van der Waals surface area contributed by atoms with Gasteiger partial charge in [-0.2, -0.15) is 0 Å². The predicted molar refractivity (Wildman–Crippen MR) is 77.7 cm³/mol. The highest BCUT2D eigenvalue weighted by atomic mass is 35.5. The summed E-state index contributed by atoms with van der Waals surface area (Å²) in [4.78, 5) is 16.6. The molecule has 1 aromatic heterocycles. The van der Waals surface area contributed by atoms with E-state index in [0.717, 1.165) is 18.5 Å². The molecule has 1 N–H and O–H groups in total. The minimum Gasteiger partial charge on any atom is -0.347 e. The maximum atomic E-state index is 12.3. The lowest BCUT2D eigenvalue weighted by molar-refractivity contribution is 0.0850. The van der Waals surface area contributed by atoms with Crippen molar-refractivity contribution in [1.82, 2.24) is 10.3 Å². The summed E-state index contributed by atoms with van der Waals surface area (Å²) < 4.78 is 0. The maximum Gasteiger partial charge on any atom is 0.251 e. The van der Waals surface area contributed by atoms with Crippen LogP contribution in [0.25, 0.3) is 0 Å². The molecule has 2 rings (SSSR count). The Kier molecular flexibility index (Phi) is 3.61. The summed E-state index contributed by atoms with van der Waals surface area (Å²) in [6.07, 6.45) is 3.27. The molecule has 19 heavy (non-hydrogen) atoms. The zero-order chi connectivity index (χ0) is 14.3. The number of carbonyl (C=O) groups excluding carboxylic acids is 1. The van der Waals surface area contributed by atoms with E-state index in [1.165, 1.54) is 6.42 Å². The molecule has 1 aromatic rings. The van der Waals surface area contributed by atoms with E-state index < -0.39 is 0 Å². The van der Waals surface area contributed by atoms with E-state index in [4.69, 9.17) is 11.6 Å². The molecular weight excluding hydrogens is 260 g/mol. The van der Waals surface area contributed by atoms with Crippen LogP contribution in [0.15, 0.2) is 12.1 Å². The quantitative estimate of drug-likeness (QED) is 0.839. The van der Waals surface area contributed by atoms with Gasteiger partial charge in [-0.25, -0.2) is 4.98 Å². The number of amides is 1. The first kappa shape index (κ1) is 14.3. The Morgan fingerprint density at radius 1 is 1.37 bits per heavy atom. The van der Waals surface area contributed by atoms with Crippen molar-refractivity contribution in [2.24, 2.45) is 0 Å². The largest absolute Gasteiger partial charge is 0.347 e. The van der Waals surface area contributed by atoms with Crippen molar-refractivity contribution in [1.29, 1.82) is 0 Å². The summed E-state index contributed by atoms with van der Waals surface area (Å²) in [6.45, 7) is 8.25. The van der Waals surface area contributed by atoms with Crippen LogP contribution in [0, 0.1) is 0 Å². The molecule has 104 valence electrons. The van der Waals surface area contributed by atoms with Crippen molar-refractivity contribution in [2.45, 2.75) is 57.9 Å². The topological polar surface area (TPSA) is 42.0 Å². The van der Waals surface area contributed by atoms with Crippen molar-refractivity contribution in [2.75, 3.05) is 0 Å². The molecule has 1 amide bonds. The molecule has 0 aliphatic heterocycles. The lowest BCUT2D eigenvalue weighted by atomic mass is 9.78. The zero-order valence-corrected chi connectivity index (χ0v) is 12.8. The number of hydrogen-bond donors (Lipinski definition) is 1. The Morgan fingerprint density at radius 3 is 2.47 bits per heavy atom. The Bertz CT molecular complexity index is 501. The first-order valence-electron chi connectivity index (χ1n) is 6.70. The number of nitrogens with one attached hydrogen (secondary N) is 1. The number of nitrogens with zero attached hydrogens (tertiary/aromatic N) is 1. The van der Waals surface area contributed by atoms with Gasteiger partial charge in [0.05, 0.1) is 0 Å². The average molecular weight is 281 g/mol. The molecule has 0 saturated heterocycles. The van der Waals surface area contributed by atoms with Gasteiger partial charge in [0.2, 0.25) is 0 Å². The minimum atomic E-state index is -0.125. The molecule has 0 aromatic carbocycles. The van der Waals surface area contributed by atoms with Crippen LogP contribution in [0.4, 0.5) is 0 Å². The van der Waals surface area contributed by atoms with E-state index in [-0.39, 0.29) is 16.9 Å². The second-order valence-corrected chi connectivity index (χ2v) is 7.07. The fraction of sp³-hybridized carbons (Fsp3) is 0.600. The fourth-order valence-corrected chi connectivity index (χ4v) is 2.40. The minimum absolute atomic E-state index is 0.0469. The molecule has 1 fully saturated rings. The van der Waals surface area contributed by atoms with Gasteiger partial charge >= 0.3 is 0 Å². The number of rotatable bonds is 2. The van der Waals surface area contributed by atoms with Crippen molar-refractivity contribution in [3.8, 4) is 0 Å². The molecule has 4 heteroatoms. The van der Waals surface area contributed by atoms with Crippen molar-refractivity contribution in [3.05, 3.63) is 28.5 Å². The maximum absolute atomic E-state index is 12.3. The van der Waals surface area contributed by atoms with Crippen molar-refractivity contribution >= 4 is 17.5 Å². The van der Waals surface area contributed by atoms with Crippen LogP contribution in [0.2, 0.25) is 5.15 Å². The Morgan fingerprint density at radius 2 is 2.00 bits per heavy atom. The van der Waals surface area contributed by atoms with Gasteiger partial charge in [0.1, 0.15) is 5.15 Å². The SMILES string of the molecule is CC1(NC(=O)c2cc(Cl)nc(C(C)(C)C)c2)CCC1. The summed E-state index contributed by atoms with van der Waals surface area (Å²) in [5, 5.41) is 3.46. The number of aromatic nitrogens is 1. The van der Waals surface area contributed by atoms with Crippen molar-refractivity contribution < 1.29 is 4.79 Å². The molecule has 1 heterocycles. The predicted octanol–water partition coefficient (Wildman–Crippen LogP) is 3.70. The standard InChI is InChI=1S/C15H21ClN2O/c1-14(2,3)11-8-10(9-12(16)17-11)13(19)18-15(4)6-5-7-15/h8-9H,5-7H2,1-4H3,(H,18,19). The Balaban J connectivity index is 2.24. The molecule has 1 aliphatic carbocycles. The first-order chi connectivity index (χ1) is 8.70. The highest BCUT2D eigenvalue weighted by Gasteiger charge is 2.33. The summed E-state index contributed by atoms with van der Waals surface area (Å²) in [7, 11) is 0. The van der Waals surface area contributed by atoms with Crippen LogP contribution >= 0.6 is 11.6 Å². The fourth-order valence-electron chi connectivity index (χ4n) is 2.19. The van der Waals surface area contributed by atoms with Crippen LogP contribution in [-0.4, -0.2) is 16.4 Å². The van der Waals surface area contributed by atoms with Crippen LogP contribution in [-0.2, 0) is 5.41 Å². The number of carbonyl (C=O) groups is 1. The Labute approximate surface area is 119 Å². The molecule has 0 atom stereocenters. The van der Waals surface area contributed by atoms with E-state index in [9.17, 15) is 4.79 Å². The van der Waals surface area contributed by atoms with E-state index in [1.54, 1.807) is 6.07 Å². The second kappa shape index (κ2) is 4.78. The second-order valence-electron chi connectivity index (χ2n) is 6.68. The highest BCUT2D eigenvalue weighted by molar-refractivity contribution is 6.29. The van der Waals surface area contributed by atoms with Gasteiger partial charge in [-0.3, -0.25) is 4.79 Å². The van der Waals surface area contributed by atoms with Crippen LogP contribution in [0.5, 0.6) is 0 Å². The third kappa shape index (κ3) is 3.27. The first-order valence-corrected chi connectivity index (χ1v) is 7.08. The molecule has 0 radical (unpaired) electrons. The summed E-state index contributed by atoms with van der Waals surface area (Å²) in [5.74, 6) is -0.0583. The monoisotopic (exact) mass is 280 g/mol. The van der Waals surface area contributed by atoms with Crippen LogP contribution in [0.1, 0.15) is 63.0 Å². The summed E-state index contributed by atoms with van der Waals surface area (Å²) in [6, 6.07) is 3.47. The Hall–Kier alpha value is -1.09. The van der Waals surface area contributed by atoms with Gasteiger partial charge in [-0.15, -0.1) is 0 Å². The van der Waals surface area contributed by atoms with Crippen molar-refractivity contribution in [3.63, 3.8) is 0 Å². The van der Waals surface area contributed by atoms with Gasteiger partial charge in [0.15, 0.2) is 0 Å². The molecule has 0 bridgehead atoms. The van der Waals surface area contributed by atoms with Gasteiger partial charge < -0.3 is 5.32 Å². The number of halogens is 1. The van der Waals surface area contributed by atoms with Crippen LogP contribution in [0.3, 0.4) is 0 Å². The van der Waals surface area contributed by atoms with E-state index >= 15 is 0 Å². The smallest absolute Gasteiger partial charge is 0.251 e. The van der Waals surface area contributed by atoms with E-state index in [1.807, 2.05) is 6.07 Å². The number of hydrogen-bond acceptors (Lipinski definition) is 2. The lowest BCUT2D eigenvalue weighted by Gasteiger charge is -2.39. The molecule has 0 spiro atoms. The van der Waals surface area contributed by atoms with Gasteiger partial charge in [-0.05, 0) is 38.3 Å². The molecular formula is C15H21ClN2O. The average Bonchev–Trinajstić information content (AvgIpc) is 2.24. The van der Waals surface area contributed by atoms with E-state index in [0.29, 0.717) is 10.7 Å². The number of pyridine rings is 1. The highest BCUT2D eigenvalue weighted by Crippen LogP contribution is 2.31. The summed E-state index contributed by atoms with van der Waals surface area (Å²) >= 11 is 6.03. The normalized spacial score (nSPS) is 17.7. The van der Waals surface area contributed by atoms with E-state index in [2.05, 4.69) is 38.0 Å². The molecule has 1 aliphatic rings. The third-order valence-corrected chi connectivity index (χ3v) is 3.89. The molecule has 0 unspecified atom stereocenters. The van der Waals surface area contributed by atoms with Gasteiger partial charge in [0.25, 0.3) is 5.91 Å². The van der Waals surface area contributed by atoms with Gasteiger partial charge in [-0.1, -0.05) is 32.4 Å². The molecule has 3 nitrogen and oxygen atoms in total. The van der Waals surface area contributed by atoms with Gasteiger partial charge in [0, 0.05) is 22.2 Å².